The molecule has 0 aliphatic heterocycles. The lowest BCUT2D eigenvalue weighted by Crippen LogP contribution is -2.31. The predicted octanol–water partition coefficient (Wildman–Crippen LogP) is 2.20. The van der Waals surface area contributed by atoms with Crippen molar-refractivity contribution in [1.29, 1.82) is 0 Å². The quantitative estimate of drug-likeness (QED) is 0.600. The van der Waals surface area contributed by atoms with E-state index < -0.39 is 5.91 Å². The molecule has 4 N–H and O–H groups in total. The van der Waals surface area contributed by atoms with E-state index in [1.54, 1.807) is 24.3 Å². The molecule has 138 valence electrons. The summed E-state index contributed by atoms with van der Waals surface area (Å²) >= 11 is 0. The van der Waals surface area contributed by atoms with Crippen LogP contribution < -0.4 is 26.0 Å². The highest BCUT2D eigenvalue weighted by Gasteiger charge is 2.04. The van der Waals surface area contributed by atoms with E-state index in [-0.39, 0.29) is 12.6 Å². The SMILES string of the molecule is CN(CCCNC(=O)Nc1ccc(OCC(N)=O)cc1)c1ccccc1. The maximum atomic E-state index is 11.9. The molecule has 2 rings (SSSR count). The van der Waals surface area contributed by atoms with Gasteiger partial charge in [-0.15, -0.1) is 0 Å². The number of rotatable bonds is 9. The van der Waals surface area contributed by atoms with E-state index in [9.17, 15) is 9.59 Å². The fourth-order valence-electron chi connectivity index (χ4n) is 2.29. The minimum atomic E-state index is -0.538. The molecule has 0 atom stereocenters. The molecule has 7 nitrogen and oxygen atoms in total. The van der Waals surface area contributed by atoms with Gasteiger partial charge >= 0.3 is 6.03 Å². The molecule has 0 heterocycles. The summed E-state index contributed by atoms with van der Waals surface area (Å²) in [4.78, 5) is 24.7. The van der Waals surface area contributed by atoms with Crippen molar-refractivity contribution < 1.29 is 14.3 Å². The van der Waals surface area contributed by atoms with Gasteiger partial charge in [-0.1, -0.05) is 18.2 Å². The second-order valence-corrected chi connectivity index (χ2v) is 5.77. The van der Waals surface area contributed by atoms with Gasteiger partial charge in [0.2, 0.25) is 0 Å². The molecule has 0 aliphatic carbocycles. The van der Waals surface area contributed by atoms with Gasteiger partial charge in [-0.3, -0.25) is 4.79 Å². The average Bonchev–Trinajstić information content (AvgIpc) is 2.65. The fraction of sp³-hybridized carbons (Fsp3) is 0.263. The lowest BCUT2D eigenvalue weighted by atomic mass is 10.3. The third kappa shape index (κ3) is 6.72. The number of hydrogen-bond acceptors (Lipinski definition) is 4. The van der Waals surface area contributed by atoms with Crippen LogP contribution in [0.4, 0.5) is 16.2 Å². The number of urea groups is 1. The summed E-state index contributed by atoms with van der Waals surface area (Å²) in [6.07, 6.45) is 0.832. The molecule has 0 saturated heterocycles. The average molecular weight is 356 g/mol. The van der Waals surface area contributed by atoms with Crippen molar-refractivity contribution in [2.45, 2.75) is 6.42 Å². The maximum Gasteiger partial charge on any atom is 0.319 e. The van der Waals surface area contributed by atoms with Crippen LogP contribution in [0.2, 0.25) is 0 Å². The molecule has 3 amide bonds. The Morgan fingerprint density at radius 3 is 2.42 bits per heavy atom. The maximum absolute atomic E-state index is 11.9. The summed E-state index contributed by atoms with van der Waals surface area (Å²) in [5, 5.41) is 5.57. The summed E-state index contributed by atoms with van der Waals surface area (Å²) in [7, 11) is 2.03. The Balaban J connectivity index is 1.66. The van der Waals surface area contributed by atoms with Gasteiger partial charge in [-0.2, -0.15) is 0 Å². The van der Waals surface area contributed by atoms with E-state index in [4.69, 9.17) is 10.5 Å². The van der Waals surface area contributed by atoms with Crippen LogP contribution in [0.5, 0.6) is 5.75 Å². The number of ether oxygens (including phenoxy) is 1. The van der Waals surface area contributed by atoms with E-state index in [1.165, 1.54) is 0 Å². The highest BCUT2D eigenvalue weighted by atomic mass is 16.5. The Morgan fingerprint density at radius 2 is 1.77 bits per heavy atom. The molecule has 0 aliphatic rings. The van der Waals surface area contributed by atoms with Crippen LogP contribution in [-0.2, 0) is 4.79 Å². The largest absolute Gasteiger partial charge is 0.484 e. The predicted molar refractivity (Wildman–Crippen MR) is 102 cm³/mol. The van der Waals surface area contributed by atoms with Crippen LogP contribution in [0.3, 0.4) is 0 Å². The second kappa shape index (κ2) is 9.93. The number of nitrogens with one attached hydrogen (secondary N) is 2. The number of para-hydroxylation sites is 1. The molecule has 26 heavy (non-hydrogen) atoms. The smallest absolute Gasteiger partial charge is 0.319 e. The summed E-state index contributed by atoms with van der Waals surface area (Å²) in [5.74, 6) is -0.0248. The number of primary amides is 1. The Bertz CT molecular complexity index is 704. The number of anilines is 2. The topological polar surface area (TPSA) is 96.7 Å². The minimum Gasteiger partial charge on any atom is -0.484 e. The number of carbonyl (C=O) groups excluding carboxylic acids is 2. The molecule has 7 heteroatoms. The van der Waals surface area contributed by atoms with Crippen molar-refractivity contribution in [3.8, 4) is 5.75 Å². The normalized spacial score (nSPS) is 10.0. The summed E-state index contributed by atoms with van der Waals surface area (Å²) in [6, 6.07) is 16.5. The number of carbonyl (C=O) groups is 2. The monoisotopic (exact) mass is 356 g/mol. The van der Waals surface area contributed by atoms with Crippen molar-refractivity contribution in [2.75, 3.05) is 37.0 Å². The van der Waals surface area contributed by atoms with E-state index in [2.05, 4.69) is 27.7 Å². The Kier molecular flexibility index (Phi) is 7.30. The number of amides is 3. The van der Waals surface area contributed by atoms with Gasteiger partial charge < -0.3 is 26.0 Å². The Labute approximate surface area is 153 Å². The standard InChI is InChI=1S/C19H24N4O3/c1-23(16-6-3-2-4-7-16)13-5-12-21-19(25)22-15-8-10-17(11-9-15)26-14-18(20)24/h2-4,6-11H,5,12-14H2,1H3,(H2,20,24)(H2,21,22,25). The molecule has 0 spiro atoms. The number of nitrogens with two attached hydrogens (primary N) is 1. The highest BCUT2D eigenvalue weighted by Crippen LogP contribution is 2.15. The molecule has 0 saturated carbocycles. The van der Waals surface area contributed by atoms with Gasteiger partial charge in [0.25, 0.3) is 5.91 Å². The van der Waals surface area contributed by atoms with E-state index in [1.807, 2.05) is 25.2 Å². The van der Waals surface area contributed by atoms with Crippen LogP contribution in [0.25, 0.3) is 0 Å². The first-order valence-corrected chi connectivity index (χ1v) is 8.37. The van der Waals surface area contributed by atoms with Crippen molar-refractivity contribution in [1.82, 2.24) is 5.32 Å². The third-order valence-electron chi connectivity index (χ3n) is 3.65. The van der Waals surface area contributed by atoms with Gasteiger partial charge in [0.1, 0.15) is 5.75 Å². The third-order valence-corrected chi connectivity index (χ3v) is 3.65. The van der Waals surface area contributed by atoms with Gasteiger partial charge in [0, 0.05) is 31.5 Å². The van der Waals surface area contributed by atoms with Crippen molar-refractivity contribution in [2.24, 2.45) is 5.73 Å². The molecule has 0 bridgehead atoms. The second-order valence-electron chi connectivity index (χ2n) is 5.77. The Hall–Kier alpha value is -3.22. The molecule has 0 radical (unpaired) electrons. The zero-order valence-corrected chi connectivity index (χ0v) is 14.8. The minimum absolute atomic E-state index is 0.176. The van der Waals surface area contributed by atoms with E-state index >= 15 is 0 Å². The molecular formula is C19H24N4O3. The lowest BCUT2D eigenvalue weighted by molar-refractivity contribution is -0.119. The number of hydrogen-bond donors (Lipinski definition) is 3. The number of nitrogens with zero attached hydrogens (tertiary/aromatic N) is 1. The van der Waals surface area contributed by atoms with E-state index in [0.717, 1.165) is 18.7 Å². The first kappa shape index (κ1) is 19.1. The van der Waals surface area contributed by atoms with Crippen LogP contribution in [-0.4, -0.2) is 38.7 Å². The summed E-state index contributed by atoms with van der Waals surface area (Å²) in [5.41, 5.74) is 6.80. The van der Waals surface area contributed by atoms with Crippen LogP contribution in [0.15, 0.2) is 54.6 Å². The first-order valence-electron chi connectivity index (χ1n) is 8.37. The molecule has 0 fully saturated rings. The zero-order valence-electron chi connectivity index (χ0n) is 14.8. The van der Waals surface area contributed by atoms with Gasteiger partial charge in [-0.25, -0.2) is 4.79 Å². The lowest BCUT2D eigenvalue weighted by Gasteiger charge is -2.19. The molecule has 0 unspecified atom stereocenters. The molecule has 0 aromatic heterocycles. The fourth-order valence-corrected chi connectivity index (χ4v) is 2.29. The van der Waals surface area contributed by atoms with Crippen molar-refractivity contribution in [3.05, 3.63) is 54.6 Å². The summed E-state index contributed by atoms with van der Waals surface area (Å²) < 4.78 is 5.16. The Morgan fingerprint density at radius 1 is 1.08 bits per heavy atom. The highest BCUT2D eigenvalue weighted by molar-refractivity contribution is 5.89. The van der Waals surface area contributed by atoms with E-state index in [0.29, 0.717) is 18.0 Å². The molecular weight excluding hydrogens is 332 g/mol. The van der Waals surface area contributed by atoms with Crippen LogP contribution >= 0.6 is 0 Å². The summed E-state index contributed by atoms with van der Waals surface area (Å²) in [6.45, 7) is 1.24. The number of benzene rings is 2. The van der Waals surface area contributed by atoms with Crippen molar-refractivity contribution >= 4 is 23.3 Å². The van der Waals surface area contributed by atoms with Gasteiger partial charge in [0.05, 0.1) is 0 Å². The van der Waals surface area contributed by atoms with Gasteiger partial charge in [0.15, 0.2) is 6.61 Å². The molecule has 2 aromatic carbocycles. The van der Waals surface area contributed by atoms with Crippen LogP contribution in [0.1, 0.15) is 6.42 Å². The van der Waals surface area contributed by atoms with Crippen LogP contribution in [0, 0.1) is 0 Å². The van der Waals surface area contributed by atoms with Gasteiger partial charge in [-0.05, 0) is 42.8 Å². The zero-order chi connectivity index (χ0) is 18.8. The van der Waals surface area contributed by atoms with Crippen molar-refractivity contribution in [3.63, 3.8) is 0 Å². The molecule has 2 aromatic rings. The first-order chi connectivity index (χ1) is 12.5.